The number of aliphatic carboxylic acids is 1. The lowest BCUT2D eigenvalue weighted by atomic mass is 10.1. The van der Waals surface area contributed by atoms with Gasteiger partial charge in [-0.1, -0.05) is 12.1 Å². The number of morpholine rings is 1. The molecule has 1 aromatic rings. The molecule has 0 aliphatic carbocycles. The van der Waals surface area contributed by atoms with Crippen molar-refractivity contribution in [2.24, 2.45) is 0 Å². The Morgan fingerprint density at radius 3 is 2.76 bits per heavy atom. The fourth-order valence-electron chi connectivity index (χ4n) is 2.77. The minimum atomic E-state index is -1.01. The standard InChI is InChI=1S/C18H27N3O4/c1-14-4-2-5-15(12-14)20-17(22)13-16(18(23)24)19-6-3-7-21-8-10-25-11-9-21/h2,4-5,12,16,19H,3,6-11,13H2,1H3,(H,20,22)(H,23,24). The van der Waals surface area contributed by atoms with Crippen LogP contribution in [0.4, 0.5) is 5.69 Å². The van der Waals surface area contributed by atoms with Gasteiger partial charge in [-0.05, 0) is 44.1 Å². The number of aryl methyl sites for hydroxylation is 1. The van der Waals surface area contributed by atoms with Crippen LogP contribution in [-0.4, -0.2) is 67.3 Å². The van der Waals surface area contributed by atoms with E-state index in [2.05, 4.69) is 15.5 Å². The van der Waals surface area contributed by atoms with E-state index in [-0.39, 0.29) is 12.3 Å². The van der Waals surface area contributed by atoms with Gasteiger partial charge in [-0.2, -0.15) is 0 Å². The third-order valence-electron chi connectivity index (χ3n) is 4.14. The molecule has 1 amide bonds. The van der Waals surface area contributed by atoms with Crippen molar-refractivity contribution in [3.05, 3.63) is 29.8 Å². The SMILES string of the molecule is Cc1cccc(NC(=O)CC(NCCCN2CCOCC2)C(=O)O)c1. The predicted octanol–water partition coefficient (Wildman–Crippen LogP) is 1.09. The third kappa shape index (κ3) is 7.21. The van der Waals surface area contributed by atoms with Crippen molar-refractivity contribution in [1.82, 2.24) is 10.2 Å². The lowest BCUT2D eigenvalue weighted by Crippen LogP contribution is -2.42. The van der Waals surface area contributed by atoms with Crippen LogP contribution in [0.5, 0.6) is 0 Å². The number of hydrogen-bond donors (Lipinski definition) is 3. The van der Waals surface area contributed by atoms with Gasteiger partial charge in [0.1, 0.15) is 6.04 Å². The molecule has 0 saturated carbocycles. The summed E-state index contributed by atoms with van der Waals surface area (Å²) in [7, 11) is 0. The van der Waals surface area contributed by atoms with Gasteiger partial charge in [0, 0.05) is 18.8 Å². The molecule has 1 heterocycles. The fraction of sp³-hybridized carbons (Fsp3) is 0.556. The molecule has 138 valence electrons. The van der Waals surface area contributed by atoms with E-state index in [1.165, 1.54) is 0 Å². The minimum Gasteiger partial charge on any atom is -0.480 e. The molecule has 3 N–H and O–H groups in total. The van der Waals surface area contributed by atoms with E-state index in [4.69, 9.17) is 4.74 Å². The van der Waals surface area contributed by atoms with Gasteiger partial charge in [0.05, 0.1) is 19.6 Å². The number of carbonyl (C=O) groups is 2. The molecule has 0 aromatic heterocycles. The average molecular weight is 349 g/mol. The third-order valence-corrected chi connectivity index (χ3v) is 4.14. The quantitative estimate of drug-likeness (QED) is 0.578. The van der Waals surface area contributed by atoms with Gasteiger partial charge in [0.25, 0.3) is 0 Å². The molecule has 25 heavy (non-hydrogen) atoms. The fourth-order valence-corrected chi connectivity index (χ4v) is 2.77. The summed E-state index contributed by atoms with van der Waals surface area (Å²) in [4.78, 5) is 25.7. The number of carboxylic acids is 1. The van der Waals surface area contributed by atoms with Crippen LogP contribution < -0.4 is 10.6 Å². The van der Waals surface area contributed by atoms with Crippen LogP contribution in [0, 0.1) is 6.92 Å². The molecule has 2 rings (SSSR count). The number of benzene rings is 1. The monoisotopic (exact) mass is 349 g/mol. The number of rotatable bonds is 9. The lowest BCUT2D eigenvalue weighted by molar-refractivity contribution is -0.141. The van der Waals surface area contributed by atoms with Gasteiger partial charge in [-0.25, -0.2) is 0 Å². The van der Waals surface area contributed by atoms with Gasteiger partial charge in [0.15, 0.2) is 0 Å². The molecule has 1 aromatic carbocycles. The lowest BCUT2D eigenvalue weighted by Gasteiger charge is -2.26. The summed E-state index contributed by atoms with van der Waals surface area (Å²) < 4.78 is 5.30. The van der Waals surface area contributed by atoms with Gasteiger partial charge in [-0.3, -0.25) is 14.5 Å². The molecule has 1 aliphatic rings. The van der Waals surface area contributed by atoms with E-state index < -0.39 is 12.0 Å². The Balaban J connectivity index is 1.71. The van der Waals surface area contributed by atoms with Crippen LogP contribution in [0.15, 0.2) is 24.3 Å². The Bertz CT molecular complexity index is 573. The summed E-state index contributed by atoms with van der Waals surface area (Å²) in [6.45, 7) is 6.74. The number of carbonyl (C=O) groups excluding carboxylic acids is 1. The molecule has 0 radical (unpaired) electrons. The topological polar surface area (TPSA) is 90.9 Å². The zero-order valence-corrected chi connectivity index (χ0v) is 14.7. The van der Waals surface area contributed by atoms with Crippen LogP contribution in [-0.2, 0) is 14.3 Å². The van der Waals surface area contributed by atoms with Gasteiger partial charge in [0.2, 0.25) is 5.91 Å². The molecular formula is C18H27N3O4. The van der Waals surface area contributed by atoms with Gasteiger partial charge >= 0.3 is 5.97 Å². The molecular weight excluding hydrogens is 322 g/mol. The van der Waals surface area contributed by atoms with E-state index in [0.29, 0.717) is 12.2 Å². The van der Waals surface area contributed by atoms with Gasteiger partial charge in [-0.15, -0.1) is 0 Å². The summed E-state index contributed by atoms with van der Waals surface area (Å²) in [5.41, 5.74) is 1.72. The first-order chi connectivity index (χ1) is 12.0. The summed E-state index contributed by atoms with van der Waals surface area (Å²) in [5.74, 6) is -1.32. The van der Waals surface area contributed by atoms with E-state index in [1.54, 1.807) is 6.07 Å². The first kappa shape index (κ1) is 19.4. The molecule has 7 nitrogen and oxygen atoms in total. The number of hydrogen-bond acceptors (Lipinski definition) is 5. The summed E-state index contributed by atoms with van der Waals surface area (Å²) in [5, 5.41) is 15.0. The predicted molar refractivity (Wildman–Crippen MR) is 95.7 cm³/mol. The highest BCUT2D eigenvalue weighted by atomic mass is 16.5. The first-order valence-electron chi connectivity index (χ1n) is 8.67. The summed E-state index contributed by atoms with van der Waals surface area (Å²) in [6.07, 6.45) is 0.740. The maximum atomic E-state index is 12.1. The van der Waals surface area contributed by atoms with Crippen molar-refractivity contribution >= 4 is 17.6 Å². The number of ether oxygens (including phenoxy) is 1. The van der Waals surface area contributed by atoms with E-state index in [1.807, 2.05) is 25.1 Å². The number of carboxylic acid groups (broad SMARTS) is 1. The minimum absolute atomic E-state index is 0.0964. The Hall–Kier alpha value is -1.96. The second kappa shape index (κ2) is 10.1. The number of nitrogens with one attached hydrogen (secondary N) is 2. The Kier molecular flexibility index (Phi) is 7.84. The Labute approximate surface area is 148 Å². The second-order valence-corrected chi connectivity index (χ2v) is 6.27. The van der Waals surface area contributed by atoms with Crippen LogP contribution >= 0.6 is 0 Å². The molecule has 0 bridgehead atoms. The van der Waals surface area contributed by atoms with E-state index in [0.717, 1.165) is 44.8 Å². The largest absolute Gasteiger partial charge is 0.480 e. The van der Waals surface area contributed by atoms with Crippen molar-refractivity contribution in [3.63, 3.8) is 0 Å². The molecule has 1 atom stereocenters. The molecule has 1 unspecified atom stereocenters. The molecule has 1 fully saturated rings. The smallest absolute Gasteiger partial charge is 0.321 e. The summed E-state index contributed by atoms with van der Waals surface area (Å²) >= 11 is 0. The van der Waals surface area contributed by atoms with Crippen molar-refractivity contribution in [2.45, 2.75) is 25.8 Å². The molecule has 7 heteroatoms. The van der Waals surface area contributed by atoms with Crippen LogP contribution in [0.2, 0.25) is 0 Å². The van der Waals surface area contributed by atoms with Crippen molar-refractivity contribution in [3.8, 4) is 0 Å². The molecule has 1 aliphatic heterocycles. The highest BCUT2D eigenvalue weighted by Crippen LogP contribution is 2.10. The van der Waals surface area contributed by atoms with Crippen molar-refractivity contribution < 1.29 is 19.4 Å². The molecule has 0 spiro atoms. The zero-order chi connectivity index (χ0) is 18.1. The highest BCUT2D eigenvalue weighted by Gasteiger charge is 2.20. The van der Waals surface area contributed by atoms with Crippen LogP contribution in [0.1, 0.15) is 18.4 Å². The van der Waals surface area contributed by atoms with Crippen molar-refractivity contribution in [1.29, 1.82) is 0 Å². The van der Waals surface area contributed by atoms with Gasteiger partial charge < -0.3 is 20.5 Å². The zero-order valence-electron chi connectivity index (χ0n) is 14.7. The van der Waals surface area contributed by atoms with Crippen LogP contribution in [0.3, 0.4) is 0 Å². The van der Waals surface area contributed by atoms with Crippen molar-refractivity contribution in [2.75, 3.05) is 44.7 Å². The average Bonchev–Trinajstić information content (AvgIpc) is 2.58. The number of anilines is 1. The maximum Gasteiger partial charge on any atom is 0.321 e. The summed E-state index contributed by atoms with van der Waals surface area (Å²) in [6, 6.07) is 6.55. The van der Waals surface area contributed by atoms with Crippen LogP contribution in [0.25, 0.3) is 0 Å². The maximum absolute atomic E-state index is 12.1. The van der Waals surface area contributed by atoms with E-state index >= 15 is 0 Å². The Morgan fingerprint density at radius 1 is 1.32 bits per heavy atom. The second-order valence-electron chi connectivity index (χ2n) is 6.27. The number of amides is 1. The Morgan fingerprint density at radius 2 is 2.08 bits per heavy atom. The molecule has 1 saturated heterocycles. The first-order valence-corrected chi connectivity index (χ1v) is 8.67. The number of nitrogens with zero attached hydrogens (tertiary/aromatic N) is 1. The normalized spacial score (nSPS) is 16.4. The van der Waals surface area contributed by atoms with E-state index in [9.17, 15) is 14.7 Å². The highest BCUT2D eigenvalue weighted by molar-refractivity contribution is 5.94.